The predicted molar refractivity (Wildman–Crippen MR) is 89.1 cm³/mol. The van der Waals surface area contributed by atoms with Gasteiger partial charge in [0, 0.05) is 29.2 Å². The molecule has 2 N–H and O–H groups in total. The van der Waals surface area contributed by atoms with Crippen molar-refractivity contribution < 1.29 is 4.52 Å². The fraction of sp³-hybridized carbons (Fsp3) is 0.500. The molecule has 1 fully saturated rings. The number of nitrogens with zero attached hydrogens (tertiary/aromatic N) is 3. The predicted octanol–water partition coefficient (Wildman–Crippen LogP) is 3.06. The lowest BCUT2D eigenvalue weighted by Gasteiger charge is -2.42. The van der Waals surface area contributed by atoms with E-state index in [4.69, 9.17) is 10.3 Å². The quantitative estimate of drug-likeness (QED) is 0.906. The van der Waals surface area contributed by atoms with Crippen LogP contribution in [0.25, 0.3) is 11.4 Å². The Morgan fingerprint density at radius 3 is 3.00 bits per heavy atom. The van der Waals surface area contributed by atoms with Crippen LogP contribution < -0.4 is 5.73 Å². The van der Waals surface area contributed by atoms with Crippen LogP contribution in [-0.4, -0.2) is 34.2 Å². The van der Waals surface area contributed by atoms with Gasteiger partial charge in [0.25, 0.3) is 0 Å². The zero-order chi connectivity index (χ0) is 15.7. The second kappa shape index (κ2) is 6.10. The summed E-state index contributed by atoms with van der Waals surface area (Å²) in [7, 11) is 0. The van der Waals surface area contributed by atoms with Gasteiger partial charge in [0.2, 0.25) is 11.7 Å². The number of piperidine rings is 1. The van der Waals surface area contributed by atoms with Crippen LogP contribution in [0.3, 0.4) is 0 Å². The molecule has 2 heterocycles. The first-order valence-electron chi connectivity index (χ1n) is 7.50. The van der Waals surface area contributed by atoms with E-state index in [2.05, 4.69) is 44.8 Å². The maximum Gasteiger partial charge on any atom is 0.241 e. The average Bonchev–Trinajstić information content (AvgIpc) is 2.91. The summed E-state index contributed by atoms with van der Waals surface area (Å²) in [5, 5.41) is 4.09. The molecule has 22 heavy (non-hydrogen) atoms. The Kier molecular flexibility index (Phi) is 4.34. The monoisotopic (exact) mass is 364 g/mol. The maximum absolute atomic E-state index is 6.18. The maximum atomic E-state index is 6.18. The zero-order valence-electron chi connectivity index (χ0n) is 12.9. The minimum atomic E-state index is 0.116. The van der Waals surface area contributed by atoms with Crippen molar-refractivity contribution in [1.29, 1.82) is 0 Å². The number of rotatable bonds is 3. The third-order valence-corrected chi connectivity index (χ3v) is 4.79. The van der Waals surface area contributed by atoms with Crippen molar-refractivity contribution in [2.24, 2.45) is 11.1 Å². The van der Waals surface area contributed by atoms with Gasteiger partial charge in [0.05, 0.1) is 6.54 Å². The minimum Gasteiger partial charge on any atom is -0.338 e. The smallest absolute Gasteiger partial charge is 0.241 e. The Morgan fingerprint density at radius 1 is 1.45 bits per heavy atom. The highest BCUT2D eigenvalue weighted by molar-refractivity contribution is 9.10. The molecule has 0 spiro atoms. The van der Waals surface area contributed by atoms with Gasteiger partial charge in [-0.2, -0.15) is 4.98 Å². The number of halogens is 1. The fourth-order valence-electron chi connectivity index (χ4n) is 2.88. The van der Waals surface area contributed by atoms with E-state index in [0.717, 1.165) is 29.5 Å². The number of likely N-dealkylation sites (tertiary alicyclic amines) is 1. The standard InChI is InChI=1S/C16H21BrN4O/c1-16(2)10-21(7-6-13(16)18)9-14-19-15(20-22-14)11-4-3-5-12(17)8-11/h3-5,8,13H,6-7,9-10,18H2,1-2H3. The van der Waals surface area contributed by atoms with Gasteiger partial charge in [0.1, 0.15) is 0 Å². The van der Waals surface area contributed by atoms with E-state index in [-0.39, 0.29) is 11.5 Å². The van der Waals surface area contributed by atoms with Gasteiger partial charge in [-0.3, -0.25) is 4.90 Å². The van der Waals surface area contributed by atoms with Gasteiger partial charge in [-0.1, -0.05) is 47.1 Å². The molecule has 0 aliphatic carbocycles. The molecule has 5 nitrogen and oxygen atoms in total. The van der Waals surface area contributed by atoms with Crippen LogP contribution in [-0.2, 0) is 6.54 Å². The van der Waals surface area contributed by atoms with Crippen molar-refractivity contribution >= 4 is 15.9 Å². The summed E-state index contributed by atoms with van der Waals surface area (Å²) in [5.41, 5.74) is 7.25. The molecule has 1 aliphatic rings. The number of benzene rings is 1. The third-order valence-electron chi connectivity index (χ3n) is 4.30. The lowest BCUT2D eigenvalue weighted by atomic mass is 9.80. The molecular weight excluding hydrogens is 344 g/mol. The van der Waals surface area contributed by atoms with E-state index in [1.54, 1.807) is 0 Å². The highest BCUT2D eigenvalue weighted by Gasteiger charge is 2.33. The molecule has 1 saturated heterocycles. The van der Waals surface area contributed by atoms with Crippen molar-refractivity contribution in [3.05, 3.63) is 34.6 Å². The number of nitrogens with two attached hydrogens (primary N) is 1. The topological polar surface area (TPSA) is 68.2 Å². The molecule has 1 unspecified atom stereocenters. The first-order valence-corrected chi connectivity index (χ1v) is 8.30. The fourth-order valence-corrected chi connectivity index (χ4v) is 3.27. The third kappa shape index (κ3) is 3.39. The second-order valence-electron chi connectivity index (χ2n) is 6.62. The van der Waals surface area contributed by atoms with E-state index in [1.165, 1.54) is 0 Å². The van der Waals surface area contributed by atoms with Crippen molar-refractivity contribution in [2.75, 3.05) is 13.1 Å². The Balaban J connectivity index is 1.70. The van der Waals surface area contributed by atoms with Crippen LogP contribution in [0.5, 0.6) is 0 Å². The summed E-state index contributed by atoms with van der Waals surface area (Å²) in [5.74, 6) is 1.28. The molecule has 3 rings (SSSR count). The van der Waals surface area contributed by atoms with Crippen molar-refractivity contribution in [3.63, 3.8) is 0 Å². The first kappa shape index (κ1) is 15.6. The Bertz CT molecular complexity index is 655. The summed E-state index contributed by atoms with van der Waals surface area (Å²) in [6, 6.07) is 8.15. The number of aromatic nitrogens is 2. The molecule has 6 heteroatoms. The van der Waals surface area contributed by atoms with E-state index in [9.17, 15) is 0 Å². The summed E-state index contributed by atoms with van der Waals surface area (Å²) in [4.78, 5) is 6.85. The Hall–Kier alpha value is -1.24. The van der Waals surface area contributed by atoms with E-state index >= 15 is 0 Å². The van der Waals surface area contributed by atoms with E-state index in [1.807, 2.05) is 24.3 Å². The van der Waals surface area contributed by atoms with Crippen LogP contribution in [0.1, 0.15) is 26.2 Å². The van der Waals surface area contributed by atoms with Crippen LogP contribution in [0, 0.1) is 5.41 Å². The van der Waals surface area contributed by atoms with Crippen LogP contribution >= 0.6 is 15.9 Å². The summed E-state index contributed by atoms with van der Waals surface area (Å²) >= 11 is 3.46. The van der Waals surface area contributed by atoms with Gasteiger partial charge in [0.15, 0.2) is 0 Å². The van der Waals surface area contributed by atoms with Gasteiger partial charge in [-0.25, -0.2) is 0 Å². The van der Waals surface area contributed by atoms with E-state index < -0.39 is 0 Å². The Labute approximate surface area is 139 Å². The van der Waals surface area contributed by atoms with Gasteiger partial charge >= 0.3 is 0 Å². The summed E-state index contributed by atoms with van der Waals surface area (Å²) < 4.78 is 6.41. The molecule has 1 aromatic carbocycles. The SMILES string of the molecule is CC1(C)CN(Cc2nc(-c3cccc(Br)c3)no2)CCC1N. The van der Waals surface area contributed by atoms with Crippen molar-refractivity contribution in [2.45, 2.75) is 32.9 Å². The van der Waals surface area contributed by atoms with E-state index in [0.29, 0.717) is 18.3 Å². The van der Waals surface area contributed by atoms with Crippen molar-refractivity contribution in [1.82, 2.24) is 15.0 Å². The molecular formula is C16H21BrN4O. The normalized spacial score (nSPS) is 21.9. The molecule has 0 radical (unpaired) electrons. The summed E-state index contributed by atoms with van der Waals surface area (Å²) in [6.45, 7) is 7.02. The molecule has 0 saturated carbocycles. The highest BCUT2D eigenvalue weighted by atomic mass is 79.9. The van der Waals surface area contributed by atoms with Crippen LogP contribution in [0.15, 0.2) is 33.3 Å². The van der Waals surface area contributed by atoms with Gasteiger partial charge < -0.3 is 10.3 Å². The largest absolute Gasteiger partial charge is 0.338 e. The zero-order valence-corrected chi connectivity index (χ0v) is 14.5. The first-order chi connectivity index (χ1) is 10.4. The molecule has 118 valence electrons. The molecule has 0 amide bonds. The van der Waals surface area contributed by atoms with Crippen LogP contribution in [0.2, 0.25) is 0 Å². The van der Waals surface area contributed by atoms with Crippen molar-refractivity contribution in [3.8, 4) is 11.4 Å². The molecule has 1 atom stereocenters. The molecule has 2 aromatic rings. The average molecular weight is 365 g/mol. The molecule has 1 aromatic heterocycles. The van der Waals surface area contributed by atoms with Gasteiger partial charge in [-0.05, 0) is 24.0 Å². The highest BCUT2D eigenvalue weighted by Crippen LogP contribution is 2.28. The lowest BCUT2D eigenvalue weighted by Crippen LogP contribution is -2.52. The number of hydrogen-bond donors (Lipinski definition) is 1. The molecule has 0 bridgehead atoms. The lowest BCUT2D eigenvalue weighted by molar-refractivity contribution is 0.0811. The second-order valence-corrected chi connectivity index (χ2v) is 7.53. The van der Waals surface area contributed by atoms with Crippen LogP contribution in [0.4, 0.5) is 0 Å². The number of hydrogen-bond acceptors (Lipinski definition) is 5. The summed E-state index contributed by atoms with van der Waals surface area (Å²) in [6.07, 6.45) is 1.000. The Morgan fingerprint density at radius 2 is 2.27 bits per heavy atom. The minimum absolute atomic E-state index is 0.116. The van der Waals surface area contributed by atoms with Gasteiger partial charge in [-0.15, -0.1) is 0 Å². The molecule has 1 aliphatic heterocycles.